The number of aromatic nitrogens is 5. The second-order valence-electron chi connectivity index (χ2n) is 11.5. The maximum atomic E-state index is 6.42. The minimum Gasteiger partial charge on any atom is -0.439 e. The summed E-state index contributed by atoms with van der Waals surface area (Å²) in [5.41, 5.74) is 6.24. The van der Waals surface area contributed by atoms with Gasteiger partial charge in [-0.2, -0.15) is 4.98 Å². The summed E-state index contributed by atoms with van der Waals surface area (Å²) >= 11 is 0. The normalized spacial score (nSPS) is 12.3. The van der Waals surface area contributed by atoms with E-state index in [1.54, 1.807) is 6.33 Å². The van der Waals surface area contributed by atoms with Gasteiger partial charge in [-0.05, 0) is 64.9 Å². The molecule has 0 aliphatic carbocycles. The van der Waals surface area contributed by atoms with E-state index < -0.39 is 0 Å². The smallest absolute Gasteiger partial charge is 0.221 e. The standard InChI is InChI=1S/C35H27N5O/c1-35(2,3)22-9-8-10-23(19-22)40-31-14-7-5-12-27(31)28-17-18-32(37-33(28)40)41-24-15-16-25-26-11-4-6-13-30(26)39-21-36-38-34(39)29(25)20-24/h4-21H,1-3H3. The van der Waals surface area contributed by atoms with E-state index in [9.17, 15) is 0 Å². The van der Waals surface area contributed by atoms with Crippen molar-refractivity contribution in [3.8, 4) is 17.3 Å². The summed E-state index contributed by atoms with van der Waals surface area (Å²) in [4.78, 5) is 5.07. The van der Waals surface area contributed by atoms with Crippen LogP contribution in [-0.2, 0) is 5.41 Å². The van der Waals surface area contributed by atoms with E-state index >= 15 is 0 Å². The predicted octanol–water partition coefficient (Wildman–Crippen LogP) is 8.62. The highest BCUT2D eigenvalue weighted by atomic mass is 16.5. The van der Waals surface area contributed by atoms with Crippen molar-refractivity contribution in [3.05, 3.63) is 115 Å². The molecule has 0 unspecified atom stereocenters. The van der Waals surface area contributed by atoms with E-state index in [1.807, 2.05) is 28.7 Å². The maximum Gasteiger partial charge on any atom is 0.221 e. The van der Waals surface area contributed by atoms with Gasteiger partial charge in [-0.25, -0.2) is 0 Å². The fraction of sp³-hybridized carbons (Fsp3) is 0.114. The quantitative estimate of drug-likeness (QED) is 0.213. The van der Waals surface area contributed by atoms with Crippen molar-refractivity contribution in [2.75, 3.05) is 0 Å². The van der Waals surface area contributed by atoms with E-state index in [-0.39, 0.29) is 5.41 Å². The van der Waals surface area contributed by atoms with Crippen molar-refractivity contribution in [3.63, 3.8) is 0 Å². The maximum absolute atomic E-state index is 6.42. The molecular weight excluding hydrogens is 506 g/mol. The largest absolute Gasteiger partial charge is 0.439 e. The lowest BCUT2D eigenvalue weighted by molar-refractivity contribution is 0.465. The Hall–Kier alpha value is -5.23. The van der Waals surface area contributed by atoms with Crippen LogP contribution in [0.2, 0.25) is 0 Å². The molecule has 6 heteroatoms. The zero-order chi connectivity index (χ0) is 27.7. The van der Waals surface area contributed by atoms with Gasteiger partial charge in [-0.1, -0.05) is 69.3 Å². The van der Waals surface area contributed by atoms with E-state index in [1.165, 1.54) is 5.56 Å². The molecule has 198 valence electrons. The molecule has 0 saturated heterocycles. The van der Waals surface area contributed by atoms with E-state index in [2.05, 4.69) is 114 Å². The number of benzene rings is 4. The Morgan fingerprint density at radius 2 is 1.39 bits per heavy atom. The first kappa shape index (κ1) is 23.6. The lowest BCUT2D eigenvalue weighted by Gasteiger charge is -2.20. The van der Waals surface area contributed by atoms with Crippen LogP contribution in [-0.4, -0.2) is 24.1 Å². The Morgan fingerprint density at radius 1 is 0.634 bits per heavy atom. The zero-order valence-corrected chi connectivity index (χ0v) is 23.0. The third-order valence-corrected chi connectivity index (χ3v) is 7.92. The molecule has 0 bridgehead atoms. The molecule has 8 aromatic rings. The van der Waals surface area contributed by atoms with E-state index in [0.29, 0.717) is 11.6 Å². The minimum absolute atomic E-state index is 0.0354. The number of nitrogens with zero attached hydrogens (tertiary/aromatic N) is 5. The number of ether oxygens (including phenoxy) is 1. The molecule has 0 radical (unpaired) electrons. The molecular formula is C35H27N5O. The molecule has 0 aliphatic heterocycles. The molecule has 4 heterocycles. The number of rotatable bonds is 3. The molecule has 41 heavy (non-hydrogen) atoms. The number of pyridine rings is 2. The molecule has 6 nitrogen and oxygen atoms in total. The van der Waals surface area contributed by atoms with Crippen LogP contribution in [0, 0.1) is 0 Å². The first-order valence-electron chi connectivity index (χ1n) is 13.8. The van der Waals surface area contributed by atoms with Crippen molar-refractivity contribution in [2.24, 2.45) is 0 Å². The van der Waals surface area contributed by atoms with Crippen LogP contribution in [0.25, 0.3) is 54.9 Å². The molecule has 0 saturated carbocycles. The van der Waals surface area contributed by atoms with Crippen LogP contribution in [0.5, 0.6) is 11.6 Å². The van der Waals surface area contributed by atoms with Gasteiger partial charge < -0.3 is 4.74 Å². The average molecular weight is 534 g/mol. The molecule has 0 N–H and O–H groups in total. The lowest BCUT2D eigenvalue weighted by Crippen LogP contribution is -2.11. The molecule has 8 rings (SSSR count). The minimum atomic E-state index is 0.0354. The van der Waals surface area contributed by atoms with E-state index in [0.717, 1.165) is 54.9 Å². The summed E-state index contributed by atoms with van der Waals surface area (Å²) in [7, 11) is 0. The predicted molar refractivity (Wildman–Crippen MR) is 165 cm³/mol. The molecule has 0 amide bonds. The third kappa shape index (κ3) is 3.68. The van der Waals surface area contributed by atoms with Crippen LogP contribution >= 0.6 is 0 Å². The first-order chi connectivity index (χ1) is 20.0. The van der Waals surface area contributed by atoms with Gasteiger partial charge in [0.15, 0.2) is 5.65 Å². The fourth-order valence-electron chi connectivity index (χ4n) is 5.89. The fourth-order valence-corrected chi connectivity index (χ4v) is 5.89. The van der Waals surface area contributed by atoms with Crippen LogP contribution in [0.15, 0.2) is 109 Å². The summed E-state index contributed by atoms with van der Waals surface area (Å²) < 4.78 is 10.7. The van der Waals surface area contributed by atoms with Gasteiger partial charge in [0.2, 0.25) is 5.88 Å². The molecule has 0 spiro atoms. The molecule has 0 atom stereocenters. The van der Waals surface area contributed by atoms with Crippen molar-refractivity contribution < 1.29 is 4.74 Å². The Bertz CT molecular complexity index is 2290. The van der Waals surface area contributed by atoms with Gasteiger partial charge in [0.25, 0.3) is 0 Å². The summed E-state index contributed by atoms with van der Waals surface area (Å²) in [6.45, 7) is 6.71. The number of fused-ring (bicyclic) bond motifs is 9. The van der Waals surface area contributed by atoms with E-state index in [4.69, 9.17) is 9.72 Å². The van der Waals surface area contributed by atoms with Gasteiger partial charge in [0.1, 0.15) is 17.7 Å². The highest BCUT2D eigenvalue weighted by Gasteiger charge is 2.18. The van der Waals surface area contributed by atoms with Crippen LogP contribution < -0.4 is 4.74 Å². The lowest BCUT2D eigenvalue weighted by atomic mass is 9.87. The highest BCUT2D eigenvalue weighted by Crippen LogP contribution is 2.36. The van der Waals surface area contributed by atoms with Crippen LogP contribution in [0.3, 0.4) is 0 Å². The third-order valence-electron chi connectivity index (χ3n) is 7.92. The van der Waals surface area contributed by atoms with Crippen molar-refractivity contribution >= 4 is 49.3 Å². The Balaban J connectivity index is 1.29. The molecule has 0 fully saturated rings. The van der Waals surface area contributed by atoms with Gasteiger partial charge in [-0.15, -0.1) is 10.2 Å². The van der Waals surface area contributed by atoms with Gasteiger partial charge in [0, 0.05) is 33.3 Å². The molecule has 4 aromatic carbocycles. The summed E-state index contributed by atoms with van der Waals surface area (Å²) in [5.74, 6) is 1.23. The Labute approximate surface area is 236 Å². The SMILES string of the molecule is CC(C)(C)c1cccc(-n2c3ccccc3c3ccc(Oc4ccc5c6ccccc6n6cnnc6c5c4)nc32)c1. The number of hydrogen-bond acceptors (Lipinski definition) is 4. The summed E-state index contributed by atoms with van der Waals surface area (Å²) in [6.07, 6.45) is 1.76. The molecule has 4 aromatic heterocycles. The number of hydrogen-bond donors (Lipinski definition) is 0. The Kier molecular flexibility index (Phi) is 4.98. The second-order valence-corrected chi connectivity index (χ2v) is 11.5. The van der Waals surface area contributed by atoms with Crippen LogP contribution in [0.1, 0.15) is 26.3 Å². The zero-order valence-electron chi connectivity index (χ0n) is 23.0. The second kappa shape index (κ2) is 8.63. The van der Waals surface area contributed by atoms with Crippen LogP contribution in [0.4, 0.5) is 0 Å². The van der Waals surface area contributed by atoms with Crippen molar-refractivity contribution in [1.82, 2.24) is 24.1 Å². The first-order valence-corrected chi connectivity index (χ1v) is 13.8. The van der Waals surface area contributed by atoms with Gasteiger partial charge in [-0.3, -0.25) is 8.97 Å². The highest BCUT2D eigenvalue weighted by molar-refractivity contribution is 6.12. The van der Waals surface area contributed by atoms with Crippen molar-refractivity contribution in [1.29, 1.82) is 0 Å². The monoisotopic (exact) mass is 533 g/mol. The summed E-state index contributed by atoms with van der Waals surface area (Å²) in [5, 5.41) is 14.1. The number of para-hydroxylation sites is 2. The van der Waals surface area contributed by atoms with Gasteiger partial charge >= 0.3 is 0 Å². The van der Waals surface area contributed by atoms with Crippen molar-refractivity contribution in [2.45, 2.75) is 26.2 Å². The Morgan fingerprint density at radius 3 is 2.22 bits per heavy atom. The topological polar surface area (TPSA) is 57.2 Å². The van der Waals surface area contributed by atoms with Gasteiger partial charge in [0.05, 0.1) is 11.0 Å². The molecule has 0 aliphatic rings. The summed E-state index contributed by atoms with van der Waals surface area (Å²) in [6, 6.07) is 35.7. The average Bonchev–Trinajstić information content (AvgIpc) is 3.60.